The molecule has 1 aromatic carbocycles. The molecule has 0 saturated heterocycles. The number of hydrogen-bond acceptors (Lipinski definition) is 4. The Bertz CT molecular complexity index is 859. The molecule has 118 valence electrons. The summed E-state index contributed by atoms with van der Waals surface area (Å²) in [6.07, 6.45) is 0.994. The lowest BCUT2D eigenvalue weighted by atomic mass is 10.0. The summed E-state index contributed by atoms with van der Waals surface area (Å²) in [5, 5.41) is 2.61. The molecule has 1 unspecified atom stereocenters. The molecule has 1 aromatic heterocycles. The first-order chi connectivity index (χ1) is 11.0. The van der Waals surface area contributed by atoms with Gasteiger partial charge in [-0.3, -0.25) is 14.4 Å². The number of halogens is 1. The summed E-state index contributed by atoms with van der Waals surface area (Å²) in [4.78, 5) is 35.7. The van der Waals surface area contributed by atoms with Crippen molar-refractivity contribution < 1.29 is 18.7 Å². The van der Waals surface area contributed by atoms with Gasteiger partial charge in [-0.2, -0.15) is 0 Å². The first kappa shape index (κ1) is 15.0. The van der Waals surface area contributed by atoms with Crippen molar-refractivity contribution in [3.63, 3.8) is 0 Å². The molecule has 0 radical (unpaired) electrons. The van der Waals surface area contributed by atoms with E-state index in [9.17, 15) is 18.8 Å². The number of carbonyl (C=O) groups excluding carboxylic acids is 2. The van der Waals surface area contributed by atoms with E-state index < -0.39 is 17.4 Å². The van der Waals surface area contributed by atoms with E-state index in [0.29, 0.717) is 17.0 Å². The second-order valence-corrected chi connectivity index (χ2v) is 5.18. The third-order valence-electron chi connectivity index (χ3n) is 3.60. The Kier molecular flexibility index (Phi) is 3.69. The van der Waals surface area contributed by atoms with E-state index in [1.54, 1.807) is 12.1 Å². The fourth-order valence-electron chi connectivity index (χ4n) is 2.38. The number of aromatic nitrogens is 1. The minimum absolute atomic E-state index is 0.0740. The predicted molar refractivity (Wildman–Crippen MR) is 80.3 cm³/mol. The van der Waals surface area contributed by atoms with Crippen LogP contribution in [0.3, 0.4) is 0 Å². The van der Waals surface area contributed by atoms with Gasteiger partial charge in [0.15, 0.2) is 12.4 Å². The number of fused-ring (bicyclic) bond motifs is 1. The van der Waals surface area contributed by atoms with Gasteiger partial charge in [0.2, 0.25) is 0 Å². The van der Waals surface area contributed by atoms with Gasteiger partial charge in [-0.25, -0.2) is 4.39 Å². The van der Waals surface area contributed by atoms with Crippen LogP contribution in [0.1, 0.15) is 23.3 Å². The number of anilines is 1. The normalized spacial score (nSPS) is 14.4. The van der Waals surface area contributed by atoms with Gasteiger partial charge in [-0.15, -0.1) is 0 Å². The van der Waals surface area contributed by atoms with Crippen molar-refractivity contribution in [2.24, 2.45) is 0 Å². The van der Waals surface area contributed by atoms with Crippen molar-refractivity contribution in [2.45, 2.75) is 13.0 Å². The maximum Gasteiger partial charge on any atom is 0.262 e. The number of ketones is 1. The summed E-state index contributed by atoms with van der Waals surface area (Å²) < 4.78 is 19.6. The van der Waals surface area contributed by atoms with Gasteiger partial charge in [0.25, 0.3) is 11.5 Å². The van der Waals surface area contributed by atoms with E-state index in [1.165, 1.54) is 13.0 Å². The molecule has 0 saturated carbocycles. The molecule has 1 aliphatic heterocycles. The van der Waals surface area contributed by atoms with Crippen LogP contribution in [-0.4, -0.2) is 22.9 Å². The van der Waals surface area contributed by atoms with Crippen LogP contribution in [0.5, 0.6) is 5.75 Å². The van der Waals surface area contributed by atoms with Crippen LogP contribution in [0, 0.1) is 5.82 Å². The Morgan fingerprint density at radius 1 is 1.30 bits per heavy atom. The lowest BCUT2D eigenvalue weighted by Gasteiger charge is -2.19. The number of nitrogens with zero attached hydrogens (tertiary/aromatic N) is 1. The molecule has 1 aliphatic rings. The molecule has 0 aliphatic carbocycles. The molecule has 6 nitrogen and oxygen atoms in total. The average molecular weight is 316 g/mol. The summed E-state index contributed by atoms with van der Waals surface area (Å²) in [6.45, 7) is 1.44. The van der Waals surface area contributed by atoms with Crippen molar-refractivity contribution in [1.29, 1.82) is 0 Å². The molecular formula is C16H13FN2O4. The van der Waals surface area contributed by atoms with Crippen molar-refractivity contribution >= 4 is 17.4 Å². The number of Topliss-reactive ketones (excluding diaryl/α,β-unsaturated/α-hetero) is 1. The van der Waals surface area contributed by atoms with E-state index in [1.807, 2.05) is 0 Å². The largest absolute Gasteiger partial charge is 0.482 e. The lowest BCUT2D eigenvalue weighted by Crippen LogP contribution is -2.28. The second-order valence-electron chi connectivity index (χ2n) is 5.18. The Morgan fingerprint density at radius 3 is 2.87 bits per heavy atom. The zero-order chi connectivity index (χ0) is 16.6. The van der Waals surface area contributed by atoms with Crippen LogP contribution in [0.4, 0.5) is 10.1 Å². The molecule has 2 aromatic rings. The van der Waals surface area contributed by atoms with Gasteiger partial charge in [-0.1, -0.05) is 0 Å². The number of ether oxygens (including phenoxy) is 1. The van der Waals surface area contributed by atoms with Crippen LogP contribution >= 0.6 is 0 Å². The number of carbonyl (C=O) groups is 2. The maximum absolute atomic E-state index is 13.3. The Hall–Kier alpha value is -2.96. The van der Waals surface area contributed by atoms with Gasteiger partial charge < -0.3 is 14.6 Å². The molecule has 1 atom stereocenters. The molecule has 23 heavy (non-hydrogen) atoms. The number of pyridine rings is 1. The van der Waals surface area contributed by atoms with E-state index in [0.717, 1.165) is 22.9 Å². The number of rotatable bonds is 3. The van der Waals surface area contributed by atoms with Crippen LogP contribution < -0.4 is 15.6 Å². The lowest BCUT2D eigenvalue weighted by molar-refractivity contribution is -0.118. The molecule has 2 heterocycles. The summed E-state index contributed by atoms with van der Waals surface area (Å²) in [5.74, 6) is -0.816. The topological polar surface area (TPSA) is 77.4 Å². The zero-order valence-electron chi connectivity index (χ0n) is 12.2. The highest BCUT2D eigenvalue weighted by Crippen LogP contribution is 2.29. The fraction of sp³-hybridized carbons (Fsp3) is 0.188. The summed E-state index contributed by atoms with van der Waals surface area (Å²) in [5.41, 5.74) is 0.214. The van der Waals surface area contributed by atoms with Gasteiger partial charge >= 0.3 is 0 Å². The number of hydrogen-bond donors (Lipinski definition) is 1. The van der Waals surface area contributed by atoms with E-state index in [2.05, 4.69) is 5.32 Å². The molecule has 1 N–H and O–H groups in total. The highest BCUT2D eigenvalue weighted by Gasteiger charge is 2.22. The number of nitrogens with one attached hydrogen (secondary N) is 1. The number of amides is 1. The second kappa shape index (κ2) is 5.68. The maximum atomic E-state index is 13.3. The minimum atomic E-state index is -0.878. The standard InChI is InChI=1S/C16H13FN2O4/c1-9(19-7-11(17)3-5-15(19)21)16(22)10-2-4-13-12(6-10)18-14(20)8-23-13/h2-7,9H,8H2,1H3,(H,18,20). The van der Waals surface area contributed by atoms with Crippen molar-refractivity contribution in [3.05, 3.63) is 58.3 Å². The Balaban J connectivity index is 1.94. The molecular weight excluding hydrogens is 303 g/mol. The summed E-state index contributed by atoms with van der Waals surface area (Å²) in [7, 11) is 0. The summed E-state index contributed by atoms with van der Waals surface area (Å²) in [6, 6.07) is 5.83. The summed E-state index contributed by atoms with van der Waals surface area (Å²) >= 11 is 0. The number of benzene rings is 1. The highest BCUT2D eigenvalue weighted by atomic mass is 19.1. The molecule has 0 fully saturated rings. The third kappa shape index (κ3) is 2.85. The smallest absolute Gasteiger partial charge is 0.262 e. The van der Waals surface area contributed by atoms with Crippen LogP contribution in [0.25, 0.3) is 0 Å². The Morgan fingerprint density at radius 2 is 2.09 bits per heavy atom. The van der Waals surface area contributed by atoms with Gasteiger partial charge in [0.1, 0.15) is 11.6 Å². The quantitative estimate of drug-likeness (QED) is 0.875. The van der Waals surface area contributed by atoms with Gasteiger partial charge in [0.05, 0.1) is 11.7 Å². The van der Waals surface area contributed by atoms with Crippen LogP contribution in [0.15, 0.2) is 41.3 Å². The molecule has 0 bridgehead atoms. The third-order valence-corrected chi connectivity index (χ3v) is 3.60. The van der Waals surface area contributed by atoms with Crippen LogP contribution in [-0.2, 0) is 4.79 Å². The molecule has 1 amide bonds. The molecule has 3 rings (SSSR count). The monoisotopic (exact) mass is 316 g/mol. The van der Waals surface area contributed by atoms with E-state index in [-0.39, 0.29) is 18.3 Å². The van der Waals surface area contributed by atoms with E-state index in [4.69, 9.17) is 4.74 Å². The van der Waals surface area contributed by atoms with Gasteiger partial charge in [0, 0.05) is 17.8 Å². The van der Waals surface area contributed by atoms with Crippen molar-refractivity contribution in [3.8, 4) is 5.75 Å². The fourth-order valence-corrected chi connectivity index (χ4v) is 2.38. The predicted octanol–water partition coefficient (Wildman–Crippen LogP) is 1.76. The zero-order valence-corrected chi connectivity index (χ0v) is 12.2. The molecule has 7 heteroatoms. The average Bonchev–Trinajstić information content (AvgIpc) is 2.55. The highest BCUT2D eigenvalue weighted by molar-refractivity contribution is 6.02. The van der Waals surface area contributed by atoms with E-state index >= 15 is 0 Å². The van der Waals surface area contributed by atoms with Crippen LogP contribution in [0.2, 0.25) is 0 Å². The SMILES string of the molecule is CC(C(=O)c1ccc2c(c1)NC(=O)CO2)n1cc(F)ccc1=O. The minimum Gasteiger partial charge on any atom is -0.482 e. The van der Waals surface area contributed by atoms with Crippen molar-refractivity contribution in [2.75, 3.05) is 11.9 Å². The van der Waals surface area contributed by atoms with Crippen molar-refractivity contribution in [1.82, 2.24) is 4.57 Å². The first-order valence-electron chi connectivity index (χ1n) is 6.94. The Labute approximate surface area is 130 Å². The first-order valence-corrected chi connectivity index (χ1v) is 6.94. The molecule has 0 spiro atoms. The van der Waals surface area contributed by atoms with Gasteiger partial charge in [-0.05, 0) is 31.2 Å².